The third-order valence-corrected chi connectivity index (χ3v) is 6.86. The average molecular weight is 381 g/mol. The van der Waals surface area contributed by atoms with Crippen molar-refractivity contribution in [1.29, 1.82) is 0 Å². The summed E-state index contributed by atoms with van der Waals surface area (Å²) < 4.78 is 2.36. The molecule has 2 aliphatic rings. The van der Waals surface area contributed by atoms with Gasteiger partial charge in [0, 0.05) is 30.1 Å². The molecule has 2 fully saturated rings. The van der Waals surface area contributed by atoms with Crippen molar-refractivity contribution in [2.24, 2.45) is 0 Å². The average Bonchev–Trinajstić information content (AvgIpc) is 3.46. The largest absolute Gasteiger partial charge is 0.340 e. The molecule has 0 bridgehead atoms. The van der Waals surface area contributed by atoms with E-state index >= 15 is 0 Å². The van der Waals surface area contributed by atoms with E-state index in [-0.39, 0.29) is 11.9 Å². The number of carbonyl (C=O) groups excluding carboxylic acids is 1. The lowest BCUT2D eigenvalue weighted by Gasteiger charge is -2.20. The zero-order valence-corrected chi connectivity index (χ0v) is 16.2. The Kier molecular flexibility index (Phi) is 4.44. The lowest BCUT2D eigenvalue weighted by molar-refractivity contribution is -0.129. The fraction of sp³-hybridized carbons (Fsp3) is 0.476. The molecule has 1 aliphatic heterocycles. The minimum Gasteiger partial charge on any atom is -0.340 e. The van der Waals surface area contributed by atoms with Crippen LogP contribution in [0, 0.1) is 0 Å². The minimum absolute atomic E-state index is 0.236. The van der Waals surface area contributed by atoms with Gasteiger partial charge in [0.25, 0.3) is 0 Å². The number of fused-ring (bicyclic) bond motifs is 1. The van der Waals surface area contributed by atoms with E-state index in [2.05, 4.69) is 15.6 Å². The van der Waals surface area contributed by atoms with Crippen LogP contribution in [0.3, 0.4) is 0 Å². The third-order valence-electron chi connectivity index (χ3n) is 5.98. The number of carbonyl (C=O) groups is 1. The maximum absolute atomic E-state index is 12.7. The standard InChI is InChI=1S/C21H24N4OS/c26-19(13-17-7-4-12-27-17)24-11-9-16(14-24)25-20(15-5-1-2-6-15)23-18-8-3-10-22-21(18)25/h3-4,7-8,10,12,15-16H,1-2,5-6,9,11,13-14H2. The van der Waals surface area contributed by atoms with E-state index in [1.54, 1.807) is 11.3 Å². The normalized spacial score (nSPS) is 20.7. The highest BCUT2D eigenvalue weighted by atomic mass is 32.1. The second-order valence-electron chi connectivity index (χ2n) is 7.71. The van der Waals surface area contributed by atoms with Gasteiger partial charge in [-0.25, -0.2) is 9.97 Å². The number of imidazole rings is 1. The van der Waals surface area contributed by atoms with Crippen LogP contribution in [0.25, 0.3) is 11.2 Å². The first-order valence-corrected chi connectivity index (χ1v) is 10.8. The van der Waals surface area contributed by atoms with Gasteiger partial charge in [-0.2, -0.15) is 0 Å². The quantitative estimate of drug-likeness (QED) is 0.683. The van der Waals surface area contributed by atoms with Crippen LogP contribution < -0.4 is 0 Å². The van der Waals surface area contributed by atoms with Crippen molar-refractivity contribution in [3.63, 3.8) is 0 Å². The van der Waals surface area contributed by atoms with Gasteiger partial charge in [-0.1, -0.05) is 18.9 Å². The molecule has 0 spiro atoms. The van der Waals surface area contributed by atoms with Gasteiger partial charge in [-0.05, 0) is 42.8 Å². The molecule has 140 valence electrons. The van der Waals surface area contributed by atoms with Crippen molar-refractivity contribution < 1.29 is 4.79 Å². The number of hydrogen-bond acceptors (Lipinski definition) is 4. The lowest BCUT2D eigenvalue weighted by Crippen LogP contribution is -2.30. The Hall–Kier alpha value is -2.21. The maximum atomic E-state index is 12.7. The monoisotopic (exact) mass is 380 g/mol. The SMILES string of the molecule is O=C(Cc1cccs1)N1CCC(n2c(C3CCCC3)nc3cccnc32)C1. The molecule has 3 aromatic rings. The van der Waals surface area contributed by atoms with Gasteiger partial charge < -0.3 is 9.47 Å². The van der Waals surface area contributed by atoms with Gasteiger partial charge in [-0.3, -0.25) is 4.79 Å². The lowest BCUT2D eigenvalue weighted by atomic mass is 10.1. The number of thiophene rings is 1. The van der Waals surface area contributed by atoms with Gasteiger partial charge in [-0.15, -0.1) is 11.3 Å². The van der Waals surface area contributed by atoms with Crippen LogP contribution in [0.5, 0.6) is 0 Å². The Bertz CT molecular complexity index is 942. The van der Waals surface area contributed by atoms with Gasteiger partial charge in [0.15, 0.2) is 5.65 Å². The second-order valence-corrected chi connectivity index (χ2v) is 8.74. The Morgan fingerprint density at radius 3 is 2.89 bits per heavy atom. The molecule has 1 saturated carbocycles. The zero-order chi connectivity index (χ0) is 18.2. The molecule has 3 aromatic heterocycles. The summed E-state index contributed by atoms with van der Waals surface area (Å²) >= 11 is 1.66. The first kappa shape index (κ1) is 16.9. The molecular weight excluding hydrogens is 356 g/mol. The predicted molar refractivity (Wildman–Crippen MR) is 107 cm³/mol. The number of pyridine rings is 1. The number of nitrogens with zero attached hydrogens (tertiary/aromatic N) is 4. The molecular formula is C21H24N4OS. The molecule has 1 aliphatic carbocycles. The van der Waals surface area contributed by atoms with E-state index in [0.29, 0.717) is 12.3 Å². The van der Waals surface area contributed by atoms with Crippen LogP contribution in [-0.2, 0) is 11.2 Å². The Morgan fingerprint density at radius 1 is 1.19 bits per heavy atom. The van der Waals surface area contributed by atoms with Crippen molar-refractivity contribution >= 4 is 28.4 Å². The van der Waals surface area contributed by atoms with Crippen LogP contribution in [0.2, 0.25) is 0 Å². The van der Waals surface area contributed by atoms with Gasteiger partial charge in [0.2, 0.25) is 5.91 Å². The summed E-state index contributed by atoms with van der Waals surface area (Å²) in [6.45, 7) is 1.59. The molecule has 1 saturated heterocycles. The molecule has 0 radical (unpaired) electrons. The second kappa shape index (κ2) is 7.08. The van der Waals surface area contributed by atoms with E-state index in [1.165, 1.54) is 31.5 Å². The molecule has 1 amide bonds. The van der Waals surface area contributed by atoms with E-state index in [0.717, 1.165) is 35.6 Å². The van der Waals surface area contributed by atoms with Crippen molar-refractivity contribution in [3.8, 4) is 0 Å². The van der Waals surface area contributed by atoms with Crippen LogP contribution in [-0.4, -0.2) is 38.4 Å². The summed E-state index contributed by atoms with van der Waals surface area (Å²) in [6, 6.07) is 8.36. The van der Waals surface area contributed by atoms with E-state index in [9.17, 15) is 4.79 Å². The molecule has 0 aromatic carbocycles. The zero-order valence-electron chi connectivity index (χ0n) is 15.4. The highest BCUT2D eigenvalue weighted by Gasteiger charge is 2.33. The van der Waals surface area contributed by atoms with Crippen molar-refractivity contribution in [2.75, 3.05) is 13.1 Å². The number of likely N-dealkylation sites (tertiary alicyclic amines) is 1. The molecule has 27 heavy (non-hydrogen) atoms. The first-order chi connectivity index (χ1) is 13.3. The Balaban J connectivity index is 1.42. The molecule has 1 atom stereocenters. The molecule has 0 N–H and O–H groups in total. The topological polar surface area (TPSA) is 51.0 Å². The van der Waals surface area contributed by atoms with Crippen LogP contribution in [0.15, 0.2) is 35.8 Å². The summed E-state index contributed by atoms with van der Waals surface area (Å²) in [5.41, 5.74) is 1.97. The van der Waals surface area contributed by atoms with Crippen LogP contribution in [0.4, 0.5) is 0 Å². The summed E-state index contributed by atoms with van der Waals surface area (Å²) in [7, 11) is 0. The highest BCUT2D eigenvalue weighted by Crippen LogP contribution is 2.38. The van der Waals surface area contributed by atoms with Gasteiger partial charge >= 0.3 is 0 Å². The third kappa shape index (κ3) is 3.16. The predicted octanol–water partition coefficient (Wildman–Crippen LogP) is 4.17. The van der Waals surface area contributed by atoms with Crippen LogP contribution >= 0.6 is 11.3 Å². The van der Waals surface area contributed by atoms with Crippen molar-refractivity contribution in [3.05, 3.63) is 46.5 Å². The molecule has 1 unspecified atom stereocenters. The fourth-order valence-corrected chi connectivity index (χ4v) is 5.33. The molecule has 6 heteroatoms. The number of hydrogen-bond donors (Lipinski definition) is 0. The number of aromatic nitrogens is 3. The summed E-state index contributed by atoms with van der Waals surface area (Å²) in [5.74, 6) is 1.97. The maximum Gasteiger partial charge on any atom is 0.227 e. The van der Waals surface area contributed by atoms with Gasteiger partial charge in [0.1, 0.15) is 11.3 Å². The molecule has 5 nitrogen and oxygen atoms in total. The summed E-state index contributed by atoms with van der Waals surface area (Å²) in [4.78, 5) is 25.5. The van der Waals surface area contributed by atoms with E-state index in [4.69, 9.17) is 4.98 Å². The van der Waals surface area contributed by atoms with Gasteiger partial charge in [0.05, 0.1) is 12.5 Å². The molecule has 4 heterocycles. The summed E-state index contributed by atoms with van der Waals surface area (Å²) in [6.07, 6.45) is 8.37. The highest BCUT2D eigenvalue weighted by molar-refractivity contribution is 7.10. The van der Waals surface area contributed by atoms with E-state index in [1.807, 2.05) is 34.7 Å². The number of amides is 1. The fourth-order valence-electron chi connectivity index (χ4n) is 4.63. The number of rotatable bonds is 4. The molecule has 5 rings (SSSR count). The first-order valence-electron chi connectivity index (χ1n) is 9.92. The smallest absolute Gasteiger partial charge is 0.227 e. The Labute approximate surface area is 163 Å². The Morgan fingerprint density at radius 2 is 2.07 bits per heavy atom. The van der Waals surface area contributed by atoms with E-state index < -0.39 is 0 Å². The van der Waals surface area contributed by atoms with Crippen LogP contribution in [0.1, 0.15) is 54.8 Å². The van der Waals surface area contributed by atoms with Crippen molar-refractivity contribution in [1.82, 2.24) is 19.4 Å². The minimum atomic E-state index is 0.236. The summed E-state index contributed by atoms with van der Waals surface area (Å²) in [5, 5.41) is 2.03. The van der Waals surface area contributed by atoms with Crippen molar-refractivity contribution in [2.45, 2.75) is 50.5 Å².